The highest BCUT2D eigenvalue weighted by Gasteiger charge is 2.15. The number of nitrogens with one attached hydrogen (secondary N) is 1. The average molecular weight is 435 g/mol. The summed E-state index contributed by atoms with van der Waals surface area (Å²) in [5.41, 5.74) is 1.17. The molecule has 0 aliphatic carbocycles. The van der Waals surface area contributed by atoms with Crippen molar-refractivity contribution >= 4 is 44.5 Å². The molecule has 0 saturated carbocycles. The maximum atomic E-state index is 13.0. The van der Waals surface area contributed by atoms with Crippen molar-refractivity contribution < 1.29 is 4.79 Å². The maximum absolute atomic E-state index is 13.0. The van der Waals surface area contributed by atoms with Gasteiger partial charge in [-0.05, 0) is 23.6 Å². The normalized spacial score (nSPS) is 11.1. The van der Waals surface area contributed by atoms with E-state index in [1.54, 1.807) is 53.0 Å². The van der Waals surface area contributed by atoms with Gasteiger partial charge in [0.05, 0.1) is 23.6 Å². The first-order valence-corrected chi connectivity index (χ1v) is 10.7. The van der Waals surface area contributed by atoms with Gasteiger partial charge in [-0.25, -0.2) is 15.0 Å². The predicted molar refractivity (Wildman–Crippen MR) is 117 cm³/mol. The van der Waals surface area contributed by atoms with Gasteiger partial charge in [-0.15, -0.1) is 22.7 Å². The van der Waals surface area contributed by atoms with E-state index in [1.165, 1.54) is 22.2 Å². The number of anilines is 1. The minimum atomic E-state index is -0.330. The number of carbonyl (C=O) groups is 1. The van der Waals surface area contributed by atoms with Gasteiger partial charge >= 0.3 is 0 Å². The molecule has 1 amide bonds. The molecular formula is C20H14N6O2S2. The maximum Gasteiger partial charge on any atom is 0.263 e. The first kappa shape index (κ1) is 18.4. The van der Waals surface area contributed by atoms with Gasteiger partial charge in [-0.2, -0.15) is 0 Å². The second kappa shape index (κ2) is 7.65. The number of nitrogens with zero attached hydrogens (tertiary/aromatic N) is 5. The molecule has 0 aliphatic heterocycles. The molecule has 0 aliphatic rings. The van der Waals surface area contributed by atoms with Crippen LogP contribution in [-0.4, -0.2) is 30.0 Å². The van der Waals surface area contributed by atoms with Crippen LogP contribution in [0, 0.1) is 0 Å². The number of fused-ring (bicyclic) bond motifs is 1. The Morgan fingerprint density at radius 1 is 1.13 bits per heavy atom. The van der Waals surface area contributed by atoms with E-state index in [2.05, 4.69) is 20.3 Å². The van der Waals surface area contributed by atoms with Crippen LogP contribution in [0.2, 0.25) is 0 Å². The Labute approximate surface area is 178 Å². The van der Waals surface area contributed by atoms with E-state index in [4.69, 9.17) is 0 Å². The summed E-state index contributed by atoms with van der Waals surface area (Å²) in [7, 11) is 0. The van der Waals surface area contributed by atoms with Gasteiger partial charge in [0.2, 0.25) is 5.91 Å². The van der Waals surface area contributed by atoms with Crippen LogP contribution in [0.4, 0.5) is 5.69 Å². The van der Waals surface area contributed by atoms with E-state index < -0.39 is 0 Å². The Morgan fingerprint density at radius 3 is 2.80 bits per heavy atom. The summed E-state index contributed by atoms with van der Waals surface area (Å²) in [5, 5.41) is 7.21. The molecule has 5 heterocycles. The first-order chi connectivity index (χ1) is 14.7. The van der Waals surface area contributed by atoms with E-state index in [1.807, 2.05) is 22.9 Å². The third-order valence-corrected chi connectivity index (χ3v) is 6.25. The number of rotatable bonds is 5. The standard InChI is InChI=1S/C20H14N6O2S2/c27-17(24-13-3-4-16(22-8-13)25-6-5-21-11-25)9-26-12-23-19-18(20(26)28)14(10-30-19)15-2-1-7-29-15/h1-8,10-12H,9H2,(H,24,27). The second-order valence-electron chi connectivity index (χ2n) is 6.41. The van der Waals surface area contributed by atoms with Gasteiger partial charge in [0.15, 0.2) is 0 Å². The molecule has 0 bridgehead atoms. The van der Waals surface area contributed by atoms with Crippen molar-refractivity contribution in [1.29, 1.82) is 0 Å². The smallest absolute Gasteiger partial charge is 0.263 e. The molecule has 8 nitrogen and oxygen atoms in total. The highest BCUT2D eigenvalue weighted by atomic mass is 32.1. The second-order valence-corrected chi connectivity index (χ2v) is 8.21. The van der Waals surface area contributed by atoms with Crippen molar-refractivity contribution in [3.63, 3.8) is 0 Å². The zero-order valence-corrected chi connectivity index (χ0v) is 17.1. The number of aromatic nitrogens is 5. The van der Waals surface area contributed by atoms with Crippen molar-refractivity contribution in [3.8, 4) is 16.3 Å². The molecule has 0 fully saturated rings. The number of thiophene rings is 2. The molecule has 10 heteroatoms. The highest BCUT2D eigenvalue weighted by molar-refractivity contribution is 7.18. The Hall–Kier alpha value is -3.63. The average Bonchev–Trinajstić information content (AvgIpc) is 3.52. The van der Waals surface area contributed by atoms with Crippen molar-refractivity contribution in [1.82, 2.24) is 24.1 Å². The Balaban J connectivity index is 1.36. The number of pyridine rings is 1. The van der Waals surface area contributed by atoms with Gasteiger partial charge in [-0.1, -0.05) is 6.07 Å². The summed E-state index contributed by atoms with van der Waals surface area (Å²) >= 11 is 2.99. The lowest BCUT2D eigenvalue weighted by Gasteiger charge is -2.08. The third kappa shape index (κ3) is 3.42. The van der Waals surface area contributed by atoms with Crippen LogP contribution in [0.3, 0.4) is 0 Å². The van der Waals surface area contributed by atoms with Gasteiger partial charge < -0.3 is 5.32 Å². The summed E-state index contributed by atoms with van der Waals surface area (Å²) < 4.78 is 3.09. The number of hydrogen-bond acceptors (Lipinski definition) is 7. The summed E-state index contributed by atoms with van der Waals surface area (Å²) in [6.07, 6.45) is 8.07. The van der Waals surface area contributed by atoms with E-state index >= 15 is 0 Å². The lowest BCUT2D eigenvalue weighted by molar-refractivity contribution is -0.116. The zero-order chi connectivity index (χ0) is 20.5. The fourth-order valence-electron chi connectivity index (χ4n) is 3.06. The number of amides is 1. The molecule has 0 atom stereocenters. The molecule has 5 aromatic heterocycles. The number of carbonyl (C=O) groups excluding carboxylic acids is 1. The third-order valence-electron chi connectivity index (χ3n) is 4.46. The molecule has 0 aromatic carbocycles. The topological polar surface area (TPSA) is 94.7 Å². The van der Waals surface area contributed by atoms with Gasteiger partial charge in [0.1, 0.15) is 23.5 Å². The van der Waals surface area contributed by atoms with Crippen molar-refractivity contribution in [2.24, 2.45) is 0 Å². The lowest BCUT2D eigenvalue weighted by atomic mass is 10.2. The molecular weight excluding hydrogens is 420 g/mol. The molecule has 0 spiro atoms. The van der Waals surface area contributed by atoms with Gasteiger partial charge in [0.25, 0.3) is 5.56 Å². The molecule has 148 valence electrons. The first-order valence-electron chi connectivity index (χ1n) is 8.94. The molecule has 30 heavy (non-hydrogen) atoms. The Morgan fingerprint density at radius 2 is 2.07 bits per heavy atom. The zero-order valence-electron chi connectivity index (χ0n) is 15.4. The largest absolute Gasteiger partial charge is 0.323 e. The van der Waals surface area contributed by atoms with Gasteiger partial charge in [0, 0.05) is 28.2 Å². The van der Waals surface area contributed by atoms with E-state index in [-0.39, 0.29) is 18.0 Å². The van der Waals surface area contributed by atoms with E-state index in [0.717, 1.165) is 10.4 Å². The monoisotopic (exact) mass is 434 g/mol. The molecule has 0 saturated heterocycles. The van der Waals surface area contributed by atoms with Crippen LogP contribution in [0.15, 0.2) is 71.1 Å². The molecule has 5 rings (SSSR count). The lowest BCUT2D eigenvalue weighted by Crippen LogP contribution is -2.27. The highest BCUT2D eigenvalue weighted by Crippen LogP contribution is 2.33. The van der Waals surface area contributed by atoms with Crippen LogP contribution >= 0.6 is 22.7 Å². The number of imidazole rings is 1. The van der Waals surface area contributed by atoms with Crippen molar-refractivity contribution in [2.75, 3.05) is 5.32 Å². The van der Waals surface area contributed by atoms with E-state index in [0.29, 0.717) is 21.7 Å². The molecule has 0 radical (unpaired) electrons. The van der Waals surface area contributed by atoms with E-state index in [9.17, 15) is 9.59 Å². The van der Waals surface area contributed by atoms with Crippen LogP contribution in [0.5, 0.6) is 0 Å². The minimum Gasteiger partial charge on any atom is -0.323 e. The van der Waals surface area contributed by atoms with Crippen LogP contribution < -0.4 is 10.9 Å². The molecule has 1 N–H and O–H groups in total. The summed E-state index contributed by atoms with van der Waals surface area (Å²) in [5.74, 6) is 0.360. The number of hydrogen-bond donors (Lipinski definition) is 1. The summed E-state index contributed by atoms with van der Waals surface area (Å²) in [4.78, 5) is 39.8. The minimum absolute atomic E-state index is 0.134. The fourth-order valence-corrected chi connectivity index (χ4v) is 4.78. The van der Waals surface area contributed by atoms with Crippen LogP contribution in [0.1, 0.15) is 0 Å². The van der Waals surface area contributed by atoms with Crippen molar-refractivity contribution in [2.45, 2.75) is 6.54 Å². The summed E-state index contributed by atoms with van der Waals surface area (Å²) in [6, 6.07) is 7.43. The Kier molecular flexibility index (Phi) is 4.69. The van der Waals surface area contributed by atoms with Gasteiger partial charge in [-0.3, -0.25) is 18.7 Å². The molecule has 0 unspecified atom stereocenters. The summed E-state index contributed by atoms with van der Waals surface area (Å²) in [6.45, 7) is -0.134. The predicted octanol–water partition coefficient (Wildman–Crippen LogP) is 3.41. The van der Waals surface area contributed by atoms with Crippen LogP contribution in [0.25, 0.3) is 26.5 Å². The van der Waals surface area contributed by atoms with Crippen LogP contribution in [-0.2, 0) is 11.3 Å². The van der Waals surface area contributed by atoms with Crippen molar-refractivity contribution in [3.05, 3.63) is 76.6 Å². The molecule has 5 aromatic rings. The fraction of sp³-hybridized carbons (Fsp3) is 0.0500. The Bertz CT molecular complexity index is 1370. The quantitative estimate of drug-likeness (QED) is 0.457. The SMILES string of the molecule is O=C(Cn1cnc2scc(-c3cccs3)c2c1=O)Nc1ccc(-n2ccnc2)nc1.